The first-order valence-corrected chi connectivity index (χ1v) is 7.00. The van der Waals surface area contributed by atoms with Crippen molar-refractivity contribution in [2.75, 3.05) is 26.2 Å². The lowest BCUT2D eigenvalue weighted by molar-refractivity contribution is 0.0167. The Labute approximate surface area is 116 Å². The van der Waals surface area contributed by atoms with E-state index in [1.807, 2.05) is 32.6 Å². The summed E-state index contributed by atoms with van der Waals surface area (Å²) in [6, 6.07) is 0. The fourth-order valence-electron chi connectivity index (χ4n) is 2.15. The SMILES string of the molecule is CC#CCNCC1CCCN(C(=O)OC(C)(C)C)C1. The van der Waals surface area contributed by atoms with Crippen molar-refractivity contribution in [2.24, 2.45) is 5.92 Å². The van der Waals surface area contributed by atoms with Crippen LogP contribution in [-0.4, -0.2) is 42.8 Å². The molecular weight excluding hydrogens is 240 g/mol. The highest BCUT2D eigenvalue weighted by atomic mass is 16.6. The molecule has 0 aromatic carbocycles. The Kier molecular flexibility index (Phi) is 6.17. The van der Waals surface area contributed by atoms with Crippen molar-refractivity contribution in [3.05, 3.63) is 0 Å². The normalized spacial score (nSPS) is 19.6. The highest BCUT2D eigenvalue weighted by molar-refractivity contribution is 5.68. The van der Waals surface area contributed by atoms with Crippen LogP contribution in [0.3, 0.4) is 0 Å². The molecule has 108 valence electrons. The van der Waals surface area contributed by atoms with E-state index >= 15 is 0 Å². The molecule has 1 aliphatic heterocycles. The summed E-state index contributed by atoms with van der Waals surface area (Å²) in [5.74, 6) is 6.35. The van der Waals surface area contributed by atoms with Gasteiger partial charge < -0.3 is 15.0 Å². The maximum absolute atomic E-state index is 12.0. The summed E-state index contributed by atoms with van der Waals surface area (Å²) in [4.78, 5) is 13.8. The van der Waals surface area contributed by atoms with E-state index in [-0.39, 0.29) is 6.09 Å². The van der Waals surface area contributed by atoms with Gasteiger partial charge in [0.2, 0.25) is 0 Å². The monoisotopic (exact) mass is 266 g/mol. The average molecular weight is 266 g/mol. The third kappa shape index (κ3) is 6.49. The largest absolute Gasteiger partial charge is 0.444 e. The third-order valence-electron chi connectivity index (χ3n) is 2.99. The number of piperidine rings is 1. The number of hydrogen-bond acceptors (Lipinski definition) is 3. The second-order valence-electron chi connectivity index (χ2n) is 5.99. The number of hydrogen-bond donors (Lipinski definition) is 1. The number of rotatable bonds is 3. The van der Waals surface area contributed by atoms with E-state index in [9.17, 15) is 4.79 Å². The van der Waals surface area contributed by atoms with Crippen molar-refractivity contribution < 1.29 is 9.53 Å². The smallest absolute Gasteiger partial charge is 0.410 e. The fraction of sp³-hybridized carbons (Fsp3) is 0.800. The van der Waals surface area contributed by atoms with Gasteiger partial charge in [0.15, 0.2) is 0 Å². The third-order valence-corrected chi connectivity index (χ3v) is 2.99. The Morgan fingerprint density at radius 1 is 1.47 bits per heavy atom. The molecule has 4 heteroatoms. The van der Waals surface area contributed by atoms with Crippen LogP contribution in [0.1, 0.15) is 40.5 Å². The maximum atomic E-state index is 12.0. The number of likely N-dealkylation sites (tertiary alicyclic amines) is 1. The topological polar surface area (TPSA) is 41.6 Å². The lowest BCUT2D eigenvalue weighted by Crippen LogP contribution is -2.45. The van der Waals surface area contributed by atoms with Gasteiger partial charge in [-0.2, -0.15) is 0 Å². The van der Waals surface area contributed by atoms with Crippen molar-refractivity contribution in [3.8, 4) is 11.8 Å². The Morgan fingerprint density at radius 3 is 2.84 bits per heavy atom. The molecule has 0 aromatic heterocycles. The highest BCUT2D eigenvalue weighted by Crippen LogP contribution is 2.18. The van der Waals surface area contributed by atoms with Crippen LogP contribution >= 0.6 is 0 Å². The predicted molar refractivity (Wildman–Crippen MR) is 76.9 cm³/mol. The first-order chi connectivity index (χ1) is 8.92. The maximum Gasteiger partial charge on any atom is 0.410 e. The van der Waals surface area contributed by atoms with Gasteiger partial charge >= 0.3 is 6.09 Å². The van der Waals surface area contributed by atoms with Crippen LogP contribution < -0.4 is 5.32 Å². The minimum absolute atomic E-state index is 0.189. The summed E-state index contributed by atoms with van der Waals surface area (Å²) < 4.78 is 5.41. The van der Waals surface area contributed by atoms with Crippen LogP contribution in [0.4, 0.5) is 4.79 Å². The van der Waals surface area contributed by atoms with Gasteiger partial charge in [0.25, 0.3) is 0 Å². The van der Waals surface area contributed by atoms with E-state index < -0.39 is 5.60 Å². The number of nitrogens with one attached hydrogen (secondary N) is 1. The van der Waals surface area contributed by atoms with Crippen LogP contribution in [0.15, 0.2) is 0 Å². The Bertz CT molecular complexity index is 349. The number of carbonyl (C=O) groups is 1. The summed E-state index contributed by atoms with van der Waals surface area (Å²) in [5.41, 5.74) is -0.418. The van der Waals surface area contributed by atoms with Crippen LogP contribution in [0, 0.1) is 17.8 Å². The molecule has 1 atom stereocenters. The summed E-state index contributed by atoms with van der Waals surface area (Å²) in [5, 5.41) is 3.31. The molecule has 4 nitrogen and oxygen atoms in total. The van der Waals surface area contributed by atoms with E-state index in [4.69, 9.17) is 4.74 Å². The average Bonchev–Trinajstić information content (AvgIpc) is 2.33. The lowest BCUT2D eigenvalue weighted by Gasteiger charge is -2.34. The van der Waals surface area contributed by atoms with Gasteiger partial charge in [-0.15, -0.1) is 5.92 Å². The van der Waals surface area contributed by atoms with E-state index in [0.29, 0.717) is 5.92 Å². The zero-order valence-electron chi connectivity index (χ0n) is 12.6. The molecule has 0 spiro atoms. The second-order valence-corrected chi connectivity index (χ2v) is 5.99. The molecule has 19 heavy (non-hydrogen) atoms. The van der Waals surface area contributed by atoms with E-state index in [1.165, 1.54) is 0 Å². The standard InChI is InChI=1S/C15H26N2O2/c1-5-6-9-16-11-13-8-7-10-17(12-13)14(18)19-15(2,3)4/h13,16H,7-12H2,1-4H3. The van der Waals surface area contributed by atoms with Crippen molar-refractivity contribution in [3.63, 3.8) is 0 Å². The molecular formula is C15H26N2O2. The molecule has 0 radical (unpaired) electrons. The van der Waals surface area contributed by atoms with Crippen molar-refractivity contribution in [1.82, 2.24) is 10.2 Å². The van der Waals surface area contributed by atoms with E-state index in [2.05, 4.69) is 17.2 Å². The molecule has 0 saturated carbocycles. The second kappa shape index (κ2) is 7.40. The lowest BCUT2D eigenvalue weighted by atomic mass is 9.98. The van der Waals surface area contributed by atoms with Gasteiger partial charge in [0.1, 0.15) is 5.60 Å². The zero-order valence-corrected chi connectivity index (χ0v) is 12.6. The molecule has 1 N–H and O–H groups in total. The van der Waals surface area contributed by atoms with Gasteiger partial charge in [-0.25, -0.2) is 4.79 Å². The molecule has 1 rings (SSSR count). The minimum Gasteiger partial charge on any atom is -0.444 e. The number of ether oxygens (including phenoxy) is 1. The first-order valence-electron chi connectivity index (χ1n) is 7.00. The van der Waals surface area contributed by atoms with Crippen molar-refractivity contribution in [2.45, 2.75) is 46.1 Å². The Morgan fingerprint density at radius 2 is 2.21 bits per heavy atom. The number of amides is 1. The van der Waals surface area contributed by atoms with Crippen molar-refractivity contribution in [1.29, 1.82) is 0 Å². The van der Waals surface area contributed by atoms with Crippen molar-refractivity contribution >= 4 is 6.09 Å². The summed E-state index contributed by atoms with van der Waals surface area (Å²) >= 11 is 0. The molecule has 1 amide bonds. The molecule has 1 unspecified atom stereocenters. The number of nitrogens with zero attached hydrogens (tertiary/aromatic N) is 1. The molecule has 0 aliphatic carbocycles. The predicted octanol–water partition coefficient (Wildman–Crippen LogP) is 2.25. The summed E-state index contributed by atoms with van der Waals surface area (Å²) in [6.07, 6.45) is 2.02. The molecule has 1 heterocycles. The van der Waals surface area contributed by atoms with E-state index in [0.717, 1.165) is 39.0 Å². The Balaban J connectivity index is 2.36. The molecule has 1 aliphatic rings. The highest BCUT2D eigenvalue weighted by Gasteiger charge is 2.27. The van der Waals surface area contributed by atoms with Crippen LogP contribution in [-0.2, 0) is 4.74 Å². The molecule has 1 saturated heterocycles. The Hall–Kier alpha value is -1.21. The van der Waals surface area contributed by atoms with Crippen LogP contribution in [0.5, 0.6) is 0 Å². The zero-order chi connectivity index (χ0) is 14.3. The summed E-state index contributed by atoms with van der Waals surface area (Å²) in [7, 11) is 0. The van der Waals surface area contributed by atoms with Gasteiger partial charge in [0, 0.05) is 19.6 Å². The molecule has 1 fully saturated rings. The van der Waals surface area contributed by atoms with E-state index in [1.54, 1.807) is 0 Å². The molecule has 0 aromatic rings. The van der Waals surface area contributed by atoms with Gasteiger partial charge in [0.05, 0.1) is 6.54 Å². The van der Waals surface area contributed by atoms with Crippen LogP contribution in [0.25, 0.3) is 0 Å². The van der Waals surface area contributed by atoms with Gasteiger partial charge in [-0.1, -0.05) is 5.92 Å². The van der Waals surface area contributed by atoms with Gasteiger partial charge in [-0.3, -0.25) is 0 Å². The quantitative estimate of drug-likeness (QED) is 0.629. The molecule has 0 bridgehead atoms. The minimum atomic E-state index is -0.418. The summed E-state index contributed by atoms with van der Waals surface area (Å²) in [6.45, 7) is 10.8. The fourth-order valence-corrected chi connectivity index (χ4v) is 2.15. The van der Waals surface area contributed by atoms with Crippen LogP contribution in [0.2, 0.25) is 0 Å². The first kappa shape index (κ1) is 15.8. The van der Waals surface area contributed by atoms with Gasteiger partial charge in [-0.05, 0) is 46.5 Å². The number of carbonyl (C=O) groups excluding carboxylic acids is 1.